The number of fused-ring (bicyclic) bond motifs is 1. The first kappa shape index (κ1) is 14.4. The van der Waals surface area contributed by atoms with E-state index in [0.29, 0.717) is 13.0 Å². The normalized spacial score (nSPS) is 16.3. The van der Waals surface area contributed by atoms with Crippen LogP contribution in [0, 0.1) is 0 Å². The van der Waals surface area contributed by atoms with Crippen molar-refractivity contribution >= 4 is 5.91 Å². The lowest BCUT2D eigenvalue weighted by atomic mass is 10.00. The van der Waals surface area contributed by atoms with Gasteiger partial charge in [0.05, 0.1) is 26.2 Å². The molecule has 1 atom stereocenters. The summed E-state index contributed by atoms with van der Waals surface area (Å²) in [5.41, 5.74) is 1.99. The van der Waals surface area contributed by atoms with Gasteiger partial charge >= 0.3 is 0 Å². The molecule has 0 unspecified atom stereocenters. The molecule has 1 amide bonds. The van der Waals surface area contributed by atoms with Crippen LogP contribution in [0.1, 0.15) is 23.6 Å². The fraction of sp³-hybridized carbons (Fsp3) is 0.278. The van der Waals surface area contributed by atoms with Crippen molar-refractivity contribution in [3.8, 4) is 11.5 Å². The Labute approximate surface area is 130 Å². The SMILES string of the molecule is COc1cccc(CC(=O)N[C@H]2CCOc3ccccc32)c1. The van der Waals surface area contributed by atoms with Gasteiger partial charge in [-0.1, -0.05) is 30.3 Å². The average molecular weight is 297 g/mol. The van der Waals surface area contributed by atoms with Crippen molar-refractivity contribution < 1.29 is 14.3 Å². The molecule has 0 aromatic heterocycles. The number of ether oxygens (including phenoxy) is 2. The first-order valence-corrected chi connectivity index (χ1v) is 7.40. The molecule has 1 heterocycles. The summed E-state index contributed by atoms with van der Waals surface area (Å²) in [5, 5.41) is 3.10. The standard InChI is InChI=1S/C18H19NO3/c1-21-14-6-4-5-13(11-14)12-18(20)19-16-9-10-22-17-8-3-2-7-15(16)17/h2-8,11,16H,9-10,12H2,1H3,(H,19,20)/t16-/m0/s1. The molecule has 0 bridgehead atoms. The summed E-state index contributed by atoms with van der Waals surface area (Å²) in [6.07, 6.45) is 1.14. The van der Waals surface area contributed by atoms with E-state index in [1.165, 1.54) is 0 Å². The maximum absolute atomic E-state index is 12.3. The van der Waals surface area contributed by atoms with Gasteiger partial charge in [-0.15, -0.1) is 0 Å². The molecule has 2 aromatic carbocycles. The fourth-order valence-electron chi connectivity index (χ4n) is 2.71. The first-order valence-electron chi connectivity index (χ1n) is 7.40. The van der Waals surface area contributed by atoms with Crippen LogP contribution in [-0.4, -0.2) is 19.6 Å². The summed E-state index contributed by atoms with van der Waals surface area (Å²) in [4.78, 5) is 12.3. The van der Waals surface area contributed by atoms with Crippen LogP contribution in [0.15, 0.2) is 48.5 Å². The number of nitrogens with one attached hydrogen (secondary N) is 1. The molecule has 0 saturated carbocycles. The minimum atomic E-state index is 0.00922. The quantitative estimate of drug-likeness (QED) is 0.944. The molecule has 0 spiro atoms. The highest BCUT2D eigenvalue weighted by Gasteiger charge is 2.22. The van der Waals surface area contributed by atoms with Gasteiger partial charge in [0, 0.05) is 12.0 Å². The summed E-state index contributed by atoms with van der Waals surface area (Å²) < 4.78 is 10.8. The number of amides is 1. The second-order valence-electron chi connectivity index (χ2n) is 5.32. The summed E-state index contributed by atoms with van der Waals surface area (Å²) in [6, 6.07) is 15.5. The molecule has 22 heavy (non-hydrogen) atoms. The average Bonchev–Trinajstić information content (AvgIpc) is 2.55. The number of hydrogen-bond acceptors (Lipinski definition) is 3. The molecule has 1 aliphatic heterocycles. The Morgan fingerprint density at radius 1 is 1.27 bits per heavy atom. The number of rotatable bonds is 4. The number of para-hydroxylation sites is 1. The third-order valence-electron chi connectivity index (χ3n) is 3.79. The van der Waals surface area contributed by atoms with E-state index >= 15 is 0 Å². The van der Waals surface area contributed by atoms with Crippen LogP contribution < -0.4 is 14.8 Å². The van der Waals surface area contributed by atoms with Crippen molar-refractivity contribution in [2.75, 3.05) is 13.7 Å². The highest BCUT2D eigenvalue weighted by molar-refractivity contribution is 5.79. The van der Waals surface area contributed by atoms with Crippen molar-refractivity contribution in [1.29, 1.82) is 0 Å². The number of benzene rings is 2. The Bertz CT molecular complexity index is 669. The molecule has 0 radical (unpaired) electrons. The van der Waals surface area contributed by atoms with E-state index in [1.807, 2.05) is 48.5 Å². The summed E-state index contributed by atoms with van der Waals surface area (Å²) >= 11 is 0. The van der Waals surface area contributed by atoms with Crippen LogP contribution in [0.2, 0.25) is 0 Å². The molecule has 1 aliphatic rings. The molecule has 0 fully saturated rings. The van der Waals surface area contributed by atoms with E-state index in [-0.39, 0.29) is 11.9 Å². The Hall–Kier alpha value is -2.49. The van der Waals surface area contributed by atoms with Crippen LogP contribution >= 0.6 is 0 Å². The van der Waals surface area contributed by atoms with Gasteiger partial charge in [-0.3, -0.25) is 4.79 Å². The summed E-state index contributed by atoms with van der Waals surface area (Å²) in [5.74, 6) is 1.64. The van der Waals surface area contributed by atoms with Crippen molar-refractivity contribution in [2.45, 2.75) is 18.9 Å². The highest BCUT2D eigenvalue weighted by Crippen LogP contribution is 2.31. The number of methoxy groups -OCH3 is 1. The number of carbonyl (C=O) groups is 1. The Morgan fingerprint density at radius 2 is 2.14 bits per heavy atom. The topological polar surface area (TPSA) is 47.6 Å². The number of carbonyl (C=O) groups excluding carboxylic acids is 1. The molecule has 2 aromatic rings. The monoisotopic (exact) mass is 297 g/mol. The van der Waals surface area contributed by atoms with Crippen molar-refractivity contribution in [3.63, 3.8) is 0 Å². The van der Waals surface area contributed by atoms with E-state index < -0.39 is 0 Å². The second-order valence-corrected chi connectivity index (χ2v) is 5.32. The number of hydrogen-bond donors (Lipinski definition) is 1. The molecular formula is C18H19NO3. The van der Waals surface area contributed by atoms with Gasteiger partial charge in [0.15, 0.2) is 0 Å². The van der Waals surface area contributed by atoms with E-state index in [1.54, 1.807) is 7.11 Å². The Morgan fingerprint density at radius 3 is 3.00 bits per heavy atom. The molecule has 4 nitrogen and oxygen atoms in total. The largest absolute Gasteiger partial charge is 0.497 e. The zero-order valence-electron chi connectivity index (χ0n) is 12.5. The summed E-state index contributed by atoms with van der Waals surface area (Å²) in [7, 11) is 1.62. The van der Waals surface area contributed by atoms with Gasteiger partial charge in [-0.05, 0) is 23.8 Å². The lowest BCUT2D eigenvalue weighted by Gasteiger charge is -2.26. The van der Waals surface area contributed by atoms with Gasteiger partial charge in [0.25, 0.3) is 0 Å². The Balaban J connectivity index is 1.67. The van der Waals surface area contributed by atoms with Crippen LogP contribution in [0.5, 0.6) is 11.5 Å². The third kappa shape index (κ3) is 3.22. The van der Waals surface area contributed by atoms with Crippen LogP contribution in [0.3, 0.4) is 0 Å². The lowest BCUT2D eigenvalue weighted by molar-refractivity contribution is -0.121. The molecule has 1 N–H and O–H groups in total. The molecule has 3 rings (SSSR count). The zero-order chi connectivity index (χ0) is 15.4. The predicted octanol–water partition coefficient (Wildman–Crippen LogP) is 2.88. The van der Waals surface area contributed by atoms with E-state index in [9.17, 15) is 4.79 Å². The van der Waals surface area contributed by atoms with Crippen molar-refractivity contribution in [3.05, 3.63) is 59.7 Å². The fourth-order valence-corrected chi connectivity index (χ4v) is 2.71. The molecule has 4 heteroatoms. The van der Waals surface area contributed by atoms with E-state index in [2.05, 4.69) is 5.32 Å². The minimum Gasteiger partial charge on any atom is -0.497 e. The predicted molar refractivity (Wildman–Crippen MR) is 84.1 cm³/mol. The molecule has 0 aliphatic carbocycles. The van der Waals surface area contributed by atoms with Crippen LogP contribution in [0.25, 0.3) is 0 Å². The van der Waals surface area contributed by atoms with Gasteiger partial charge < -0.3 is 14.8 Å². The smallest absolute Gasteiger partial charge is 0.224 e. The maximum Gasteiger partial charge on any atom is 0.224 e. The van der Waals surface area contributed by atoms with Crippen LogP contribution in [0.4, 0.5) is 0 Å². The van der Waals surface area contributed by atoms with Crippen LogP contribution in [-0.2, 0) is 11.2 Å². The maximum atomic E-state index is 12.3. The molecule has 114 valence electrons. The molecule has 0 saturated heterocycles. The third-order valence-corrected chi connectivity index (χ3v) is 3.79. The van der Waals surface area contributed by atoms with Gasteiger partial charge in [-0.2, -0.15) is 0 Å². The molecular weight excluding hydrogens is 278 g/mol. The first-order chi connectivity index (χ1) is 10.8. The van der Waals surface area contributed by atoms with Crippen molar-refractivity contribution in [2.24, 2.45) is 0 Å². The highest BCUT2D eigenvalue weighted by atomic mass is 16.5. The second kappa shape index (κ2) is 6.52. The van der Waals surface area contributed by atoms with Gasteiger partial charge in [0.1, 0.15) is 11.5 Å². The minimum absolute atomic E-state index is 0.00922. The Kier molecular flexibility index (Phi) is 4.28. The van der Waals surface area contributed by atoms with Gasteiger partial charge in [-0.25, -0.2) is 0 Å². The van der Waals surface area contributed by atoms with Crippen molar-refractivity contribution in [1.82, 2.24) is 5.32 Å². The lowest BCUT2D eigenvalue weighted by Crippen LogP contribution is -2.33. The van der Waals surface area contributed by atoms with E-state index in [4.69, 9.17) is 9.47 Å². The van der Waals surface area contributed by atoms with Gasteiger partial charge in [0.2, 0.25) is 5.91 Å². The zero-order valence-corrected chi connectivity index (χ0v) is 12.5. The van der Waals surface area contributed by atoms with E-state index in [0.717, 1.165) is 29.0 Å². The summed E-state index contributed by atoms with van der Waals surface area (Å²) in [6.45, 7) is 0.626.